The van der Waals surface area contributed by atoms with Gasteiger partial charge >= 0.3 is 0 Å². The molecule has 6 rings (SSSR count). The molecule has 4 heterocycles. The maximum atomic E-state index is 10.5. The molecule has 0 atom stereocenters. The van der Waals surface area contributed by atoms with Crippen LogP contribution < -0.4 is 15.5 Å². The maximum absolute atomic E-state index is 10.5. The van der Waals surface area contributed by atoms with Crippen LogP contribution in [0.5, 0.6) is 0 Å². The van der Waals surface area contributed by atoms with Crippen LogP contribution in [0.4, 0.5) is 17.2 Å². The Labute approximate surface area is 259 Å². The van der Waals surface area contributed by atoms with Crippen molar-refractivity contribution in [3.8, 4) is 17.3 Å². The molecule has 2 aromatic carbocycles. The van der Waals surface area contributed by atoms with Gasteiger partial charge in [0, 0.05) is 66.3 Å². The third-order valence-corrected chi connectivity index (χ3v) is 8.04. The van der Waals surface area contributed by atoms with E-state index in [1.54, 1.807) is 12.4 Å². The van der Waals surface area contributed by atoms with E-state index in [0.717, 1.165) is 76.4 Å². The largest absolute Gasteiger partial charge is 0.370 e. The summed E-state index contributed by atoms with van der Waals surface area (Å²) in [7, 11) is 0. The summed E-state index contributed by atoms with van der Waals surface area (Å²) in [6.45, 7) is 10.5. The number of hydrogen-bond acceptors (Lipinski definition) is 8. The Morgan fingerprint density at radius 1 is 0.977 bits per heavy atom. The van der Waals surface area contributed by atoms with Crippen LogP contribution in [-0.4, -0.2) is 44.6 Å². The number of anilines is 3. The molecule has 8 nitrogen and oxygen atoms in total. The number of rotatable bonds is 7. The Balaban J connectivity index is 1.26. The monoisotopic (exact) mass is 582 g/mol. The summed E-state index contributed by atoms with van der Waals surface area (Å²) in [5, 5.41) is 18.7. The number of nitrogens with one attached hydrogen (secondary N) is 2. The molecule has 0 spiro atoms. The van der Waals surface area contributed by atoms with Crippen LogP contribution in [0.1, 0.15) is 56.1 Å². The molecule has 0 aliphatic carbocycles. The van der Waals surface area contributed by atoms with Crippen molar-refractivity contribution in [3.63, 3.8) is 0 Å². The van der Waals surface area contributed by atoms with Gasteiger partial charge in [-0.15, -0.1) is 0 Å². The summed E-state index contributed by atoms with van der Waals surface area (Å²) in [5.74, 6) is 1.33. The van der Waals surface area contributed by atoms with Crippen molar-refractivity contribution < 1.29 is 0 Å². The molecule has 1 aliphatic rings. The Hall–Kier alpha value is -4.87. The molecule has 3 aromatic heterocycles. The predicted molar refractivity (Wildman–Crippen MR) is 177 cm³/mol. The van der Waals surface area contributed by atoms with Crippen molar-refractivity contribution in [1.82, 2.24) is 25.3 Å². The maximum Gasteiger partial charge on any atom is 0.151 e. The van der Waals surface area contributed by atoms with Crippen LogP contribution in [0.3, 0.4) is 0 Å². The van der Waals surface area contributed by atoms with Gasteiger partial charge in [-0.1, -0.05) is 24.3 Å². The molecular formula is C36H38N8. The summed E-state index contributed by atoms with van der Waals surface area (Å²) < 4.78 is 0. The number of aromatic nitrogens is 4. The van der Waals surface area contributed by atoms with Crippen molar-refractivity contribution in [1.29, 1.82) is 5.26 Å². The van der Waals surface area contributed by atoms with Crippen LogP contribution in [0.15, 0.2) is 79.3 Å². The zero-order valence-corrected chi connectivity index (χ0v) is 25.8. The quantitative estimate of drug-likeness (QED) is 0.212. The van der Waals surface area contributed by atoms with Gasteiger partial charge in [-0.25, -0.2) is 15.0 Å². The lowest BCUT2D eigenvalue weighted by atomic mass is 9.98. The van der Waals surface area contributed by atoms with Crippen molar-refractivity contribution in [2.45, 2.75) is 58.5 Å². The van der Waals surface area contributed by atoms with Crippen molar-refractivity contribution in [2.75, 3.05) is 23.3 Å². The standard InChI is InChI=1S/C36H38N8/c1-24-20-28(12-11-25(24)21-33-39-17-13-31(41-33)26-8-7-16-38-23-26)40-35-30(22-37)34(29-9-5-6-10-32(29)42-35)44-18-14-27(15-19-44)43-36(2,3)4/h5-13,16-17,20,23,27,43H,14-15,18-19,21H2,1-4H3,(H,40,42). The fourth-order valence-corrected chi connectivity index (χ4v) is 6.02. The van der Waals surface area contributed by atoms with Gasteiger partial charge in [-0.05, 0) is 88.1 Å². The third kappa shape index (κ3) is 6.53. The Bertz CT molecular complexity index is 1810. The number of para-hydroxylation sites is 1. The molecule has 222 valence electrons. The third-order valence-electron chi connectivity index (χ3n) is 8.04. The molecule has 0 unspecified atom stereocenters. The molecule has 2 N–H and O–H groups in total. The molecule has 1 aliphatic heterocycles. The normalized spacial score (nSPS) is 14.0. The highest BCUT2D eigenvalue weighted by Gasteiger charge is 2.27. The SMILES string of the molecule is Cc1cc(Nc2nc3ccccc3c(N3CCC(NC(C)(C)C)CC3)c2C#N)ccc1Cc1nccc(-c2cccnc2)n1. The minimum absolute atomic E-state index is 0.0791. The number of pyridine rings is 2. The second-order valence-corrected chi connectivity index (χ2v) is 12.5. The molecule has 1 fully saturated rings. The lowest BCUT2D eigenvalue weighted by molar-refractivity contribution is 0.317. The minimum atomic E-state index is 0.0791. The summed E-state index contributed by atoms with van der Waals surface area (Å²) in [6, 6.07) is 23.1. The molecule has 1 saturated heterocycles. The van der Waals surface area contributed by atoms with Gasteiger partial charge < -0.3 is 15.5 Å². The Morgan fingerprint density at radius 3 is 2.52 bits per heavy atom. The number of benzene rings is 2. The van der Waals surface area contributed by atoms with E-state index in [2.05, 4.69) is 77.5 Å². The topological polar surface area (TPSA) is 103 Å². The van der Waals surface area contributed by atoms with Gasteiger partial charge in [0.15, 0.2) is 5.82 Å². The number of hydrogen-bond donors (Lipinski definition) is 2. The highest BCUT2D eigenvalue weighted by molar-refractivity contribution is 5.98. The second kappa shape index (κ2) is 12.4. The molecule has 0 radical (unpaired) electrons. The number of fused-ring (bicyclic) bond motifs is 1. The van der Waals surface area contributed by atoms with Crippen molar-refractivity contribution in [2.24, 2.45) is 0 Å². The zero-order valence-electron chi connectivity index (χ0n) is 25.8. The van der Waals surface area contributed by atoms with E-state index in [9.17, 15) is 5.26 Å². The van der Waals surface area contributed by atoms with Gasteiger partial charge in [0.05, 0.1) is 16.9 Å². The van der Waals surface area contributed by atoms with Gasteiger partial charge in [0.2, 0.25) is 0 Å². The Kier molecular flexibility index (Phi) is 8.23. The van der Waals surface area contributed by atoms with Crippen LogP contribution >= 0.6 is 0 Å². The highest BCUT2D eigenvalue weighted by Crippen LogP contribution is 2.37. The molecule has 5 aromatic rings. The fourth-order valence-electron chi connectivity index (χ4n) is 6.02. The fraction of sp³-hybridized carbons (Fsp3) is 0.306. The van der Waals surface area contributed by atoms with Crippen LogP contribution in [0.2, 0.25) is 0 Å². The molecular weight excluding hydrogens is 544 g/mol. The smallest absolute Gasteiger partial charge is 0.151 e. The van der Waals surface area contributed by atoms with E-state index < -0.39 is 0 Å². The minimum Gasteiger partial charge on any atom is -0.370 e. The molecule has 8 heteroatoms. The van der Waals surface area contributed by atoms with Gasteiger partial charge in [-0.3, -0.25) is 4.98 Å². The second-order valence-electron chi connectivity index (χ2n) is 12.5. The highest BCUT2D eigenvalue weighted by atomic mass is 15.2. The number of nitriles is 1. The number of aryl methyl sites for hydroxylation is 1. The lowest BCUT2D eigenvalue weighted by Gasteiger charge is -2.38. The van der Waals surface area contributed by atoms with E-state index in [4.69, 9.17) is 9.97 Å². The van der Waals surface area contributed by atoms with Crippen LogP contribution in [-0.2, 0) is 6.42 Å². The van der Waals surface area contributed by atoms with Crippen LogP contribution in [0.25, 0.3) is 22.2 Å². The van der Waals surface area contributed by atoms with E-state index >= 15 is 0 Å². The average molecular weight is 583 g/mol. The molecule has 44 heavy (non-hydrogen) atoms. The molecule has 0 saturated carbocycles. The van der Waals surface area contributed by atoms with E-state index in [1.165, 1.54) is 0 Å². The molecule has 0 amide bonds. The molecule has 0 bridgehead atoms. The summed E-state index contributed by atoms with van der Waals surface area (Å²) in [4.78, 5) is 20.8. The first-order chi connectivity index (χ1) is 21.3. The summed E-state index contributed by atoms with van der Waals surface area (Å²) >= 11 is 0. The predicted octanol–water partition coefficient (Wildman–Crippen LogP) is 6.96. The van der Waals surface area contributed by atoms with E-state index in [1.807, 2.05) is 48.7 Å². The summed E-state index contributed by atoms with van der Waals surface area (Å²) in [5.41, 5.74) is 7.45. The zero-order chi connectivity index (χ0) is 30.7. The van der Waals surface area contributed by atoms with Gasteiger partial charge in [0.25, 0.3) is 0 Å². The van der Waals surface area contributed by atoms with Crippen LogP contribution in [0, 0.1) is 18.3 Å². The van der Waals surface area contributed by atoms with E-state index in [0.29, 0.717) is 23.8 Å². The average Bonchev–Trinajstić information content (AvgIpc) is 3.02. The van der Waals surface area contributed by atoms with Crippen molar-refractivity contribution >= 4 is 28.1 Å². The number of nitrogens with zero attached hydrogens (tertiary/aromatic N) is 6. The first-order valence-corrected chi connectivity index (χ1v) is 15.2. The summed E-state index contributed by atoms with van der Waals surface area (Å²) in [6.07, 6.45) is 8.03. The van der Waals surface area contributed by atoms with Gasteiger partial charge in [0.1, 0.15) is 17.5 Å². The first kappa shape index (κ1) is 29.2. The number of piperidine rings is 1. The first-order valence-electron chi connectivity index (χ1n) is 15.2. The van der Waals surface area contributed by atoms with Crippen molar-refractivity contribution in [3.05, 3.63) is 102 Å². The lowest BCUT2D eigenvalue weighted by Crippen LogP contribution is -2.49. The van der Waals surface area contributed by atoms with Gasteiger partial charge in [-0.2, -0.15) is 5.26 Å². The Morgan fingerprint density at radius 2 is 1.80 bits per heavy atom. The van der Waals surface area contributed by atoms with E-state index in [-0.39, 0.29) is 5.54 Å².